The van der Waals surface area contributed by atoms with Gasteiger partial charge >= 0.3 is 0 Å². The Balaban J connectivity index is 2.63. The largest absolute Gasteiger partial charge is 0.497 e. The average Bonchev–Trinajstić information content (AvgIpc) is 2.37. The van der Waals surface area contributed by atoms with Crippen LogP contribution in [-0.4, -0.2) is 24.2 Å². The van der Waals surface area contributed by atoms with E-state index >= 15 is 0 Å². The lowest BCUT2D eigenvalue weighted by molar-refractivity contribution is 0.395. The number of benzene rings is 1. The predicted molar refractivity (Wildman–Crippen MR) is 69.7 cm³/mol. The summed E-state index contributed by atoms with van der Waals surface area (Å²) in [5.74, 6) is 1.69. The van der Waals surface area contributed by atoms with Crippen LogP contribution in [0.5, 0.6) is 11.5 Å². The summed E-state index contributed by atoms with van der Waals surface area (Å²) in [6, 6.07) is 5.55. The molecule has 18 heavy (non-hydrogen) atoms. The maximum absolute atomic E-state index is 5.61. The topological polar surface area (TPSA) is 70.3 Å². The summed E-state index contributed by atoms with van der Waals surface area (Å²) in [6.45, 7) is 1.97. The minimum atomic E-state index is 0.241. The van der Waals surface area contributed by atoms with Gasteiger partial charge in [0.15, 0.2) is 0 Å². The van der Waals surface area contributed by atoms with Crippen molar-refractivity contribution in [1.29, 1.82) is 0 Å². The molecule has 0 aliphatic heterocycles. The normalized spacial score (nSPS) is 10.2. The smallest absolute Gasteiger partial charge is 0.220 e. The lowest BCUT2D eigenvalue weighted by Crippen LogP contribution is -1.99. The molecule has 0 saturated heterocycles. The third-order valence-corrected chi connectivity index (χ3v) is 2.66. The van der Waals surface area contributed by atoms with E-state index in [-0.39, 0.29) is 5.95 Å². The molecule has 94 valence electrons. The Bertz CT molecular complexity index is 570. The molecule has 2 aromatic rings. The third-order valence-electron chi connectivity index (χ3n) is 2.66. The first-order chi connectivity index (χ1) is 8.65. The van der Waals surface area contributed by atoms with Gasteiger partial charge in [0, 0.05) is 17.8 Å². The molecule has 0 unspecified atom stereocenters. The molecule has 0 saturated carbocycles. The average molecular weight is 245 g/mol. The number of aryl methyl sites for hydroxylation is 1. The van der Waals surface area contributed by atoms with Crippen LogP contribution in [0.1, 0.15) is 5.56 Å². The van der Waals surface area contributed by atoms with Crippen LogP contribution in [0.15, 0.2) is 24.4 Å². The van der Waals surface area contributed by atoms with E-state index in [1.807, 2.05) is 19.1 Å². The summed E-state index contributed by atoms with van der Waals surface area (Å²) in [5.41, 5.74) is 8.24. The van der Waals surface area contributed by atoms with E-state index in [1.165, 1.54) is 0 Å². The fourth-order valence-electron chi connectivity index (χ4n) is 1.84. The highest BCUT2D eigenvalue weighted by Gasteiger charge is 2.13. The van der Waals surface area contributed by atoms with Gasteiger partial charge in [-0.05, 0) is 24.6 Å². The standard InChI is InChI=1S/C13H15N3O2/c1-8-6-9(17-2)7-11(18-3)12(8)10-4-5-15-13(14)16-10/h4-7H,1-3H3,(H2,14,15,16). The van der Waals surface area contributed by atoms with Crippen LogP contribution in [-0.2, 0) is 0 Å². The van der Waals surface area contributed by atoms with Gasteiger partial charge in [0.2, 0.25) is 5.95 Å². The zero-order valence-corrected chi connectivity index (χ0v) is 10.6. The Morgan fingerprint density at radius 2 is 1.94 bits per heavy atom. The number of hydrogen-bond acceptors (Lipinski definition) is 5. The summed E-state index contributed by atoms with van der Waals surface area (Å²) in [6.07, 6.45) is 1.63. The van der Waals surface area contributed by atoms with E-state index in [0.717, 1.165) is 22.6 Å². The van der Waals surface area contributed by atoms with Crippen molar-refractivity contribution in [2.24, 2.45) is 0 Å². The molecule has 0 amide bonds. The number of anilines is 1. The second-order valence-electron chi connectivity index (χ2n) is 3.82. The Kier molecular flexibility index (Phi) is 3.32. The van der Waals surface area contributed by atoms with Gasteiger partial charge in [-0.1, -0.05) is 0 Å². The van der Waals surface area contributed by atoms with Crippen molar-refractivity contribution >= 4 is 5.95 Å². The molecule has 2 rings (SSSR count). The fourth-order valence-corrected chi connectivity index (χ4v) is 1.84. The second kappa shape index (κ2) is 4.91. The van der Waals surface area contributed by atoms with E-state index in [4.69, 9.17) is 15.2 Å². The Hall–Kier alpha value is -2.30. The summed E-state index contributed by atoms with van der Waals surface area (Å²) in [4.78, 5) is 8.10. The molecule has 0 bridgehead atoms. The van der Waals surface area contributed by atoms with E-state index < -0.39 is 0 Å². The minimum absolute atomic E-state index is 0.241. The highest BCUT2D eigenvalue weighted by molar-refractivity contribution is 5.72. The van der Waals surface area contributed by atoms with Gasteiger partial charge in [-0.3, -0.25) is 0 Å². The number of methoxy groups -OCH3 is 2. The van der Waals surface area contributed by atoms with Crippen LogP contribution in [0, 0.1) is 6.92 Å². The molecule has 0 radical (unpaired) electrons. The first-order valence-corrected chi connectivity index (χ1v) is 5.47. The van der Waals surface area contributed by atoms with Gasteiger partial charge < -0.3 is 15.2 Å². The summed E-state index contributed by atoms with van der Waals surface area (Å²) < 4.78 is 10.6. The highest BCUT2D eigenvalue weighted by atomic mass is 16.5. The van der Waals surface area contributed by atoms with Crippen molar-refractivity contribution in [2.75, 3.05) is 20.0 Å². The molecule has 0 atom stereocenters. The van der Waals surface area contributed by atoms with Crippen molar-refractivity contribution in [1.82, 2.24) is 9.97 Å². The quantitative estimate of drug-likeness (QED) is 0.896. The molecule has 5 heteroatoms. The first kappa shape index (κ1) is 12.2. The third kappa shape index (κ3) is 2.20. The SMILES string of the molecule is COc1cc(C)c(-c2ccnc(N)n2)c(OC)c1. The zero-order valence-electron chi connectivity index (χ0n) is 10.6. The molecule has 0 aliphatic rings. The van der Waals surface area contributed by atoms with Gasteiger partial charge in [-0.15, -0.1) is 0 Å². The summed E-state index contributed by atoms with van der Waals surface area (Å²) in [7, 11) is 3.23. The molecule has 1 heterocycles. The maximum atomic E-state index is 5.61. The predicted octanol–water partition coefficient (Wildman–Crippen LogP) is 2.05. The molecular weight excluding hydrogens is 230 g/mol. The summed E-state index contributed by atoms with van der Waals surface area (Å²) >= 11 is 0. The molecule has 2 N–H and O–H groups in total. The van der Waals surface area contributed by atoms with Crippen molar-refractivity contribution in [3.05, 3.63) is 30.0 Å². The van der Waals surface area contributed by atoms with E-state index in [9.17, 15) is 0 Å². The molecule has 1 aromatic heterocycles. The number of hydrogen-bond donors (Lipinski definition) is 1. The van der Waals surface area contributed by atoms with Crippen LogP contribution in [0.2, 0.25) is 0 Å². The fraction of sp³-hybridized carbons (Fsp3) is 0.231. The minimum Gasteiger partial charge on any atom is -0.497 e. The Labute approximate surface area is 106 Å². The molecule has 0 spiro atoms. The number of aromatic nitrogens is 2. The number of nitrogens with two attached hydrogens (primary N) is 1. The lowest BCUT2D eigenvalue weighted by Gasteiger charge is -2.13. The van der Waals surface area contributed by atoms with Crippen molar-refractivity contribution in [2.45, 2.75) is 6.92 Å². The van der Waals surface area contributed by atoms with Gasteiger partial charge in [0.1, 0.15) is 11.5 Å². The van der Waals surface area contributed by atoms with Gasteiger partial charge in [0.05, 0.1) is 19.9 Å². The number of nitrogen functional groups attached to an aromatic ring is 1. The monoisotopic (exact) mass is 245 g/mol. The molecule has 0 fully saturated rings. The van der Waals surface area contributed by atoms with Gasteiger partial charge in [-0.25, -0.2) is 9.97 Å². The van der Waals surface area contributed by atoms with Crippen LogP contribution in [0.25, 0.3) is 11.3 Å². The first-order valence-electron chi connectivity index (χ1n) is 5.47. The van der Waals surface area contributed by atoms with Crippen LogP contribution in [0.4, 0.5) is 5.95 Å². The maximum Gasteiger partial charge on any atom is 0.220 e. The molecule has 5 nitrogen and oxygen atoms in total. The van der Waals surface area contributed by atoms with Crippen LogP contribution < -0.4 is 15.2 Å². The van der Waals surface area contributed by atoms with Crippen LogP contribution >= 0.6 is 0 Å². The van der Waals surface area contributed by atoms with E-state index in [0.29, 0.717) is 5.75 Å². The molecule has 1 aromatic carbocycles. The zero-order chi connectivity index (χ0) is 13.1. The van der Waals surface area contributed by atoms with E-state index in [2.05, 4.69) is 9.97 Å². The van der Waals surface area contributed by atoms with Crippen molar-refractivity contribution in [3.63, 3.8) is 0 Å². The van der Waals surface area contributed by atoms with Crippen molar-refractivity contribution < 1.29 is 9.47 Å². The highest BCUT2D eigenvalue weighted by Crippen LogP contribution is 2.35. The molecular formula is C13H15N3O2. The van der Waals surface area contributed by atoms with E-state index in [1.54, 1.807) is 26.5 Å². The lowest BCUT2D eigenvalue weighted by atomic mass is 10.0. The molecule has 0 aliphatic carbocycles. The van der Waals surface area contributed by atoms with Crippen LogP contribution in [0.3, 0.4) is 0 Å². The number of rotatable bonds is 3. The number of nitrogens with zero attached hydrogens (tertiary/aromatic N) is 2. The van der Waals surface area contributed by atoms with Crippen molar-refractivity contribution in [3.8, 4) is 22.8 Å². The Morgan fingerprint density at radius 3 is 2.56 bits per heavy atom. The summed E-state index contributed by atoms with van der Waals surface area (Å²) in [5, 5.41) is 0. The van der Waals surface area contributed by atoms with Gasteiger partial charge in [0.25, 0.3) is 0 Å². The Morgan fingerprint density at radius 1 is 1.17 bits per heavy atom. The second-order valence-corrected chi connectivity index (χ2v) is 3.82. The van der Waals surface area contributed by atoms with Gasteiger partial charge in [-0.2, -0.15) is 0 Å². The number of ether oxygens (including phenoxy) is 2.